The topological polar surface area (TPSA) is 20.2 Å². The predicted octanol–water partition coefficient (Wildman–Crippen LogP) is 2.65. The summed E-state index contributed by atoms with van der Waals surface area (Å²) in [4.78, 5) is 0. The second kappa shape index (κ2) is 2.91. The normalized spacial score (nSPS) is 10.5. The molecule has 0 spiro atoms. The van der Waals surface area contributed by atoms with E-state index in [1.807, 2.05) is 13.8 Å². The molecule has 0 aliphatic carbocycles. The first-order valence-electron chi connectivity index (χ1n) is 3.59. The first-order chi connectivity index (χ1) is 5.11. The van der Waals surface area contributed by atoms with Crippen LogP contribution in [0.1, 0.15) is 25.3 Å². The van der Waals surface area contributed by atoms with Crippen molar-refractivity contribution in [1.82, 2.24) is 0 Å². The molecule has 0 radical (unpaired) electrons. The van der Waals surface area contributed by atoms with Gasteiger partial charge in [-0.05, 0) is 29.7 Å². The van der Waals surface area contributed by atoms with Crippen LogP contribution in [0, 0.1) is 5.82 Å². The van der Waals surface area contributed by atoms with E-state index in [9.17, 15) is 9.50 Å². The van der Waals surface area contributed by atoms with Crippen LogP contribution in [0.2, 0.25) is 0 Å². The van der Waals surface area contributed by atoms with Crippen LogP contribution in [-0.2, 0) is 0 Å². The average Bonchev–Trinajstić information content (AvgIpc) is 1.94. The number of phenolic OH excluding ortho intramolecular Hbond substituents is 1. The summed E-state index contributed by atoms with van der Waals surface area (Å²) in [6.07, 6.45) is 0. The van der Waals surface area contributed by atoms with Gasteiger partial charge in [0.05, 0.1) is 0 Å². The van der Waals surface area contributed by atoms with E-state index in [0.717, 1.165) is 0 Å². The van der Waals surface area contributed by atoms with Gasteiger partial charge in [-0.3, -0.25) is 0 Å². The average molecular weight is 154 g/mol. The minimum absolute atomic E-state index is 0.158. The van der Waals surface area contributed by atoms with Crippen LogP contribution in [-0.4, -0.2) is 5.11 Å². The van der Waals surface area contributed by atoms with Crippen molar-refractivity contribution in [3.63, 3.8) is 0 Å². The summed E-state index contributed by atoms with van der Waals surface area (Å²) < 4.78 is 12.6. The third-order valence-corrected chi connectivity index (χ3v) is 1.61. The zero-order valence-corrected chi connectivity index (χ0v) is 6.63. The molecule has 0 aliphatic heterocycles. The standard InChI is InChI=1S/C9H11FO/c1-6(2)8-5-7(10)3-4-9(8)11/h3-6,11H,1-2H3. The molecule has 0 aromatic heterocycles. The predicted molar refractivity (Wildman–Crippen MR) is 42.2 cm³/mol. The fourth-order valence-electron chi connectivity index (χ4n) is 0.988. The Morgan fingerprint density at radius 1 is 1.36 bits per heavy atom. The van der Waals surface area contributed by atoms with E-state index in [0.29, 0.717) is 5.56 Å². The van der Waals surface area contributed by atoms with Gasteiger partial charge in [0.1, 0.15) is 11.6 Å². The first kappa shape index (κ1) is 8.05. The van der Waals surface area contributed by atoms with Gasteiger partial charge in [-0.15, -0.1) is 0 Å². The monoisotopic (exact) mass is 154 g/mol. The summed E-state index contributed by atoms with van der Waals surface area (Å²) in [5.41, 5.74) is 0.657. The summed E-state index contributed by atoms with van der Waals surface area (Å²) in [6, 6.07) is 3.99. The summed E-state index contributed by atoms with van der Waals surface area (Å²) in [6.45, 7) is 3.82. The van der Waals surface area contributed by atoms with Crippen LogP contribution in [0.4, 0.5) is 4.39 Å². The van der Waals surface area contributed by atoms with Crippen LogP contribution < -0.4 is 0 Å². The molecule has 1 nitrogen and oxygen atoms in total. The highest BCUT2D eigenvalue weighted by atomic mass is 19.1. The number of aromatic hydroxyl groups is 1. The van der Waals surface area contributed by atoms with Crippen molar-refractivity contribution in [3.05, 3.63) is 29.6 Å². The fourth-order valence-corrected chi connectivity index (χ4v) is 0.988. The molecule has 0 heterocycles. The Bertz CT molecular complexity index is 256. The maximum Gasteiger partial charge on any atom is 0.123 e. The molecule has 0 saturated carbocycles. The Morgan fingerprint density at radius 2 is 2.00 bits per heavy atom. The van der Waals surface area contributed by atoms with Crippen LogP contribution in [0.25, 0.3) is 0 Å². The van der Waals surface area contributed by atoms with Crippen LogP contribution in [0.5, 0.6) is 5.75 Å². The third-order valence-electron chi connectivity index (χ3n) is 1.61. The maximum atomic E-state index is 12.6. The largest absolute Gasteiger partial charge is 0.508 e. The third kappa shape index (κ3) is 1.70. The molecule has 0 amide bonds. The zero-order valence-electron chi connectivity index (χ0n) is 6.63. The molecule has 0 atom stereocenters. The molecule has 2 heteroatoms. The second-order valence-corrected chi connectivity index (χ2v) is 2.86. The van der Waals surface area contributed by atoms with Gasteiger partial charge in [0.15, 0.2) is 0 Å². The van der Waals surface area contributed by atoms with Crippen LogP contribution in [0.15, 0.2) is 18.2 Å². The van der Waals surface area contributed by atoms with Crippen LogP contribution >= 0.6 is 0 Å². The number of phenols is 1. The van der Waals surface area contributed by atoms with Crippen molar-refractivity contribution in [2.75, 3.05) is 0 Å². The molecular weight excluding hydrogens is 143 g/mol. The molecule has 60 valence electrons. The van der Waals surface area contributed by atoms with Gasteiger partial charge in [0.2, 0.25) is 0 Å². The van der Waals surface area contributed by atoms with E-state index in [4.69, 9.17) is 0 Å². The highest BCUT2D eigenvalue weighted by molar-refractivity contribution is 5.34. The molecule has 0 saturated heterocycles. The van der Waals surface area contributed by atoms with Crippen molar-refractivity contribution < 1.29 is 9.50 Å². The lowest BCUT2D eigenvalue weighted by Gasteiger charge is -2.06. The molecular formula is C9H11FO. The number of hydrogen-bond donors (Lipinski definition) is 1. The quantitative estimate of drug-likeness (QED) is 0.659. The minimum Gasteiger partial charge on any atom is -0.508 e. The molecule has 1 rings (SSSR count). The van der Waals surface area contributed by atoms with E-state index in [1.54, 1.807) is 0 Å². The van der Waals surface area contributed by atoms with Crippen molar-refractivity contribution in [2.45, 2.75) is 19.8 Å². The Kier molecular flexibility index (Phi) is 2.13. The van der Waals surface area contributed by atoms with Gasteiger partial charge in [-0.1, -0.05) is 13.8 Å². The summed E-state index contributed by atoms with van der Waals surface area (Å²) >= 11 is 0. The van der Waals surface area contributed by atoms with Crippen LogP contribution in [0.3, 0.4) is 0 Å². The van der Waals surface area contributed by atoms with E-state index in [1.165, 1.54) is 18.2 Å². The summed E-state index contributed by atoms with van der Waals surface area (Å²) in [7, 11) is 0. The Balaban J connectivity index is 3.13. The highest BCUT2D eigenvalue weighted by Gasteiger charge is 2.05. The molecule has 0 bridgehead atoms. The van der Waals surface area contributed by atoms with Crippen molar-refractivity contribution in [2.24, 2.45) is 0 Å². The van der Waals surface area contributed by atoms with Gasteiger partial charge in [0.25, 0.3) is 0 Å². The molecule has 1 aromatic carbocycles. The lowest BCUT2D eigenvalue weighted by atomic mass is 10.0. The lowest BCUT2D eigenvalue weighted by Crippen LogP contribution is -1.88. The lowest BCUT2D eigenvalue weighted by molar-refractivity contribution is 0.462. The highest BCUT2D eigenvalue weighted by Crippen LogP contribution is 2.25. The van der Waals surface area contributed by atoms with Gasteiger partial charge >= 0.3 is 0 Å². The van der Waals surface area contributed by atoms with Gasteiger partial charge in [-0.25, -0.2) is 4.39 Å². The molecule has 1 N–H and O–H groups in total. The molecule has 0 fully saturated rings. The van der Waals surface area contributed by atoms with Crippen molar-refractivity contribution in [1.29, 1.82) is 0 Å². The fraction of sp³-hybridized carbons (Fsp3) is 0.333. The molecule has 1 aromatic rings. The minimum atomic E-state index is -0.300. The zero-order chi connectivity index (χ0) is 8.43. The number of benzene rings is 1. The summed E-state index contributed by atoms with van der Waals surface area (Å²) in [5, 5.41) is 9.24. The van der Waals surface area contributed by atoms with Crippen molar-refractivity contribution in [3.8, 4) is 5.75 Å². The maximum absolute atomic E-state index is 12.6. The van der Waals surface area contributed by atoms with Gasteiger partial charge in [0, 0.05) is 0 Å². The first-order valence-corrected chi connectivity index (χ1v) is 3.59. The number of hydrogen-bond acceptors (Lipinski definition) is 1. The van der Waals surface area contributed by atoms with Gasteiger partial charge in [-0.2, -0.15) is 0 Å². The summed E-state index contributed by atoms with van der Waals surface area (Å²) in [5.74, 6) is 0.0265. The Labute approximate surface area is 65.5 Å². The smallest absolute Gasteiger partial charge is 0.123 e. The molecule has 0 aliphatic rings. The second-order valence-electron chi connectivity index (χ2n) is 2.86. The SMILES string of the molecule is CC(C)c1cc(F)ccc1O. The Morgan fingerprint density at radius 3 is 2.45 bits per heavy atom. The van der Waals surface area contributed by atoms with E-state index in [-0.39, 0.29) is 17.5 Å². The Hall–Kier alpha value is -1.05. The van der Waals surface area contributed by atoms with E-state index in [2.05, 4.69) is 0 Å². The van der Waals surface area contributed by atoms with E-state index >= 15 is 0 Å². The number of rotatable bonds is 1. The number of halogens is 1. The van der Waals surface area contributed by atoms with Crippen molar-refractivity contribution >= 4 is 0 Å². The molecule has 11 heavy (non-hydrogen) atoms. The van der Waals surface area contributed by atoms with Gasteiger partial charge < -0.3 is 5.11 Å². The van der Waals surface area contributed by atoms with E-state index < -0.39 is 0 Å². The molecule has 0 unspecified atom stereocenters.